The van der Waals surface area contributed by atoms with Gasteiger partial charge < -0.3 is 15.1 Å². The van der Waals surface area contributed by atoms with E-state index in [1.54, 1.807) is 15.8 Å². The number of anilines is 1. The van der Waals surface area contributed by atoms with Crippen molar-refractivity contribution in [2.75, 3.05) is 31.1 Å². The summed E-state index contributed by atoms with van der Waals surface area (Å²) in [6, 6.07) is -0.461. The summed E-state index contributed by atoms with van der Waals surface area (Å²) in [5.74, 6) is 2.00. The van der Waals surface area contributed by atoms with E-state index in [0.717, 1.165) is 35.5 Å². The predicted octanol–water partition coefficient (Wildman–Crippen LogP) is 0.168. The summed E-state index contributed by atoms with van der Waals surface area (Å²) >= 11 is 0. The molecule has 1 saturated carbocycles. The first-order valence-corrected chi connectivity index (χ1v) is 9.63. The molecule has 142 valence electrons. The molecule has 0 radical (unpaired) electrons. The summed E-state index contributed by atoms with van der Waals surface area (Å²) in [5.41, 5.74) is 0.827. The largest absolute Gasteiger partial charge is 0.352 e. The van der Waals surface area contributed by atoms with Crippen LogP contribution in [0.4, 0.5) is 5.82 Å². The molecule has 2 aromatic heterocycles. The first-order chi connectivity index (χ1) is 13.1. The van der Waals surface area contributed by atoms with Crippen LogP contribution in [0.3, 0.4) is 0 Å². The minimum absolute atomic E-state index is 0.0138. The number of rotatable bonds is 2. The molecule has 3 aliphatic rings. The Labute approximate surface area is 156 Å². The van der Waals surface area contributed by atoms with Gasteiger partial charge in [-0.3, -0.25) is 14.3 Å². The highest BCUT2D eigenvalue weighted by Crippen LogP contribution is 2.35. The summed E-state index contributed by atoms with van der Waals surface area (Å²) in [6.07, 6.45) is 6.47. The van der Waals surface area contributed by atoms with E-state index in [4.69, 9.17) is 9.97 Å². The number of fused-ring (bicyclic) bond motifs is 2. The Morgan fingerprint density at radius 3 is 2.78 bits per heavy atom. The standard InChI is InChI=1S/C18H23N7O2/c1-23-16-12(8-20-23)17(22-15(21-16)11-4-2-3-5-11)24-6-7-25-13(10-24)18(27)19-9-14(25)26/h8,11,13H,2-7,9-10H2,1H3,(H,19,27)/t13-/m0/s1. The van der Waals surface area contributed by atoms with Gasteiger partial charge in [-0.2, -0.15) is 5.10 Å². The molecule has 2 saturated heterocycles. The molecule has 2 amide bonds. The fraction of sp³-hybridized carbons (Fsp3) is 0.611. The quantitative estimate of drug-likeness (QED) is 0.811. The minimum Gasteiger partial charge on any atom is -0.352 e. The molecule has 9 heteroatoms. The normalized spacial score (nSPS) is 23.8. The van der Waals surface area contributed by atoms with Crippen LogP contribution in [0.15, 0.2) is 6.20 Å². The molecule has 1 aliphatic carbocycles. The Hall–Kier alpha value is -2.71. The van der Waals surface area contributed by atoms with Crippen LogP contribution in [0.1, 0.15) is 37.4 Å². The number of carbonyl (C=O) groups is 2. The molecule has 1 N–H and O–H groups in total. The Balaban J connectivity index is 1.54. The van der Waals surface area contributed by atoms with Crippen LogP contribution in [0.25, 0.3) is 11.0 Å². The molecular formula is C18H23N7O2. The van der Waals surface area contributed by atoms with Gasteiger partial charge in [0.1, 0.15) is 17.7 Å². The molecule has 2 aliphatic heterocycles. The maximum Gasteiger partial charge on any atom is 0.245 e. The van der Waals surface area contributed by atoms with Gasteiger partial charge in [0.25, 0.3) is 0 Å². The lowest BCUT2D eigenvalue weighted by molar-refractivity contribution is -0.146. The summed E-state index contributed by atoms with van der Waals surface area (Å²) in [6.45, 7) is 1.73. The monoisotopic (exact) mass is 369 g/mol. The topological polar surface area (TPSA) is 96.2 Å². The number of piperazine rings is 2. The second-order valence-electron chi connectivity index (χ2n) is 7.66. The van der Waals surface area contributed by atoms with Gasteiger partial charge in [0.05, 0.1) is 18.1 Å². The number of hydrogen-bond donors (Lipinski definition) is 1. The van der Waals surface area contributed by atoms with Gasteiger partial charge in [0.15, 0.2) is 5.65 Å². The molecule has 27 heavy (non-hydrogen) atoms. The summed E-state index contributed by atoms with van der Waals surface area (Å²) in [5, 5.41) is 7.96. The average molecular weight is 369 g/mol. The van der Waals surface area contributed by atoms with Crippen molar-refractivity contribution in [2.24, 2.45) is 7.05 Å². The molecule has 0 bridgehead atoms. The Kier molecular flexibility index (Phi) is 3.76. The SMILES string of the molecule is Cn1ncc2c(N3CCN4C(=O)CNC(=O)[C@@H]4C3)nc(C3CCCC3)nc21. The number of nitrogens with zero attached hydrogens (tertiary/aromatic N) is 6. The summed E-state index contributed by atoms with van der Waals surface area (Å²) in [4.78, 5) is 38.0. The molecule has 4 heterocycles. The maximum absolute atomic E-state index is 12.3. The first-order valence-electron chi connectivity index (χ1n) is 9.63. The van der Waals surface area contributed by atoms with Crippen molar-refractivity contribution in [3.63, 3.8) is 0 Å². The third-order valence-electron chi connectivity index (χ3n) is 6.03. The van der Waals surface area contributed by atoms with Crippen molar-refractivity contribution in [3.05, 3.63) is 12.0 Å². The zero-order chi connectivity index (χ0) is 18.5. The Morgan fingerprint density at radius 2 is 1.96 bits per heavy atom. The van der Waals surface area contributed by atoms with Gasteiger partial charge in [0.2, 0.25) is 11.8 Å². The van der Waals surface area contributed by atoms with Crippen LogP contribution in [0.5, 0.6) is 0 Å². The molecule has 0 unspecified atom stereocenters. The van der Waals surface area contributed by atoms with E-state index in [0.29, 0.717) is 25.6 Å². The molecule has 5 rings (SSSR count). The second kappa shape index (κ2) is 6.17. The highest BCUT2D eigenvalue weighted by atomic mass is 16.2. The lowest BCUT2D eigenvalue weighted by atomic mass is 10.1. The Morgan fingerprint density at radius 1 is 1.15 bits per heavy atom. The smallest absolute Gasteiger partial charge is 0.245 e. The van der Waals surface area contributed by atoms with Gasteiger partial charge in [-0.1, -0.05) is 12.8 Å². The highest BCUT2D eigenvalue weighted by molar-refractivity contribution is 5.96. The van der Waals surface area contributed by atoms with E-state index in [1.165, 1.54) is 12.8 Å². The zero-order valence-electron chi connectivity index (χ0n) is 15.4. The molecular weight excluding hydrogens is 346 g/mol. The van der Waals surface area contributed by atoms with Gasteiger partial charge in [-0.05, 0) is 12.8 Å². The van der Waals surface area contributed by atoms with Crippen LogP contribution in [-0.2, 0) is 16.6 Å². The van der Waals surface area contributed by atoms with E-state index in [-0.39, 0.29) is 18.4 Å². The van der Waals surface area contributed by atoms with Crippen molar-refractivity contribution in [1.82, 2.24) is 30.0 Å². The lowest BCUT2D eigenvalue weighted by Crippen LogP contribution is -2.66. The van der Waals surface area contributed by atoms with Crippen molar-refractivity contribution < 1.29 is 9.59 Å². The molecule has 1 atom stereocenters. The summed E-state index contributed by atoms with van der Waals surface area (Å²) in [7, 11) is 1.89. The molecule has 9 nitrogen and oxygen atoms in total. The number of aryl methyl sites for hydroxylation is 1. The van der Waals surface area contributed by atoms with Crippen molar-refractivity contribution in [2.45, 2.75) is 37.6 Å². The maximum atomic E-state index is 12.3. The molecule has 2 aromatic rings. The average Bonchev–Trinajstić information content (AvgIpc) is 3.34. The molecule has 3 fully saturated rings. The number of amides is 2. The second-order valence-corrected chi connectivity index (χ2v) is 7.66. The van der Waals surface area contributed by atoms with E-state index in [2.05, 4.69) is 15.3 Å². The van der Waals surface area contributed by atoms with Crippen molar-refractivity contribution in [3.8, 4) is 0 Å². The van der Waals surface area contributed by atoms with Gasteiger partial charge >= 0.3 is 0 Å². The summed E-state index contributed by atoms with van der Waals surface area (Å²) < 4.78 is 1.78. The third-order valence-corrected chi connectivity index (χ3v) is 6.03. The first kappa shape index (κ1) is 16.5. The van der Waals surface area contributed by atoms with Crippen LogP contribution in [0.2, 0.25) is 0 Å². The Bertz CT molecular complexity index is 918. The van der Waals surface area contributed by atoms with E-state index >= 15 is 0 Å². The third kappa shape index (κ3) is 2.64. The number of aromatic nitrogens is 4. The number of nitrogens with one attached hydrogen (secondary N) is 1. The van der Waals surface area contributed by atoms with Crippen LogP contribution in [-0.4, -0.2) is 68.7 Å². The fourth-order valence-electron chi connectivity index (χ4n) is 4.51. The van der Waals surface area contributed by atoms with E-state index < -0.39 is 6.04 Å². The highest BCUT2D eigenvalue weighted by Gasteiger charge is 2.39. The fourth-order valence-corrected chi connectivity index (χ4v) is 4.51. The van der Waals surface area contributed by atoms with Gasteiger partial charge in [0, 0.05) is 32.6 Å². The zero-order valence-corrected chi connectivity index (χ0v) is 15.4. The van der Waals surface area contributed by atoms with Gasteiger partial charge in [-0.15, -0.1) is 0 Å². The van der Waals surface area contributed by atoms with Crippen molar-refractivity contribution >= 4 is 28.7 Å². The van der Waals surface area contributed by atoms with E-state index in [9.17, 15) is 9.59 Å². The number of hydrogen-bond acceptors (Lipinski definition) is 6. The minimum atomic E-state index is -0.461. The van der Waals surface area contributed by atoms with Gasteiger partial charge in [-0.25, -0.2) is 9.97 Å². The van der Waals surface area contributed by atoms with E-state index in [1.807, 2.05) is 7.05 Å². The lowest BCUT2D eigenvalue weighted by Gasteiger charge is -2.43. The molecule has 0 spiro atoms. The number of carbonyl (C=O) groups excluding carboxylic acids is 2. The molecule has 0 aromatic carbocycles. The van der Waals surface area contributed by atoms with Crippen LogP contribution >= 0.6 is 0 Å². The van der Waals surface area contributed by atoms with Crippen LogP contribution in [0, 0.1) is 0 Å². The van der Waals surface area contributed by atoms with Crippen molar-refractivity contribution in [1.29, 1.82) is 0 Å². The predicted molar refractivity (Wildman–Crippen MR) is 98.2 cm³/mol. The van der Waals surface area contributed by atoms with Crippen LogP contribution < -0.4 is 10.2 Å².